The van der Waals surface area contributed by atoms with Gasteiger partial charge in [0.25, 0.3) is 0 Å². The molecule has 1 atom stereocenters. The molecule has 0 spiro atoms. The number of rotatable bonds is 2. The van der Waals surface area contributed by atoms with E-state index >= 15 is 0 Å². The summed E-state index contributed by atoms with van der Waals surface area (Å²) < 4.78 is 6.60. The predicted molar refractivity (Wildman–Crippen MR) is 72.0 cm³/mol. The lowest BCUT2D eigenvalue weighted by Gasteiger charge is -2.11. The normalized spacial score (nSPS) is 18.4. The van der Waals surface area contributed by atoms with Crippen molar-refractivity contribution in [1.82, 2.24) is 5.32 Å². The van der Waals surface area contributed by atoms with E-state index in [0.717, 1.165) is 16.7 Å². The number of benzene rings is 1. The van der Waals surface area contributed by atoms with Gasteiger partial charge < -0.3 is 9.73 Å². The Balaban J connectivity index is 2.15. The van der Waals surface area contributed by atoms with Crippen molar-refractivity contribution in [3.05, 3.63) is 46.1 Å². The van der Waals surface area contributed by atoms with Gasteiger partial charge in [0.05, 0.1) is 10.7 Å². The maximum absolute atomic E-state index is 5.58. The van der Waals surface area contributed by atoms with E-state index in [4.69, 9.17) is 4.42 Å². The highest BCUT2D eigenvalue weighted by Crippen LogP contribution is 2.39. The first kappa shape index (κ1) is 11.1. The molecule has 0 amide bonds. The minimum Gasteiger partial charge on any atom is -0.463 e. The standard InChI is InChI=1S/C14H14BrNO/c1-16-13-6-5-9-10(13)3-2-4-11(9)14-12(15)7-8-17-14/h2-4,7-8,13,16H,5-6H2,1H3. The Morgan fingerprint density at radius 2 is 2.24 bits per heavy atom. The van der Waals surface area contributed by atoms with Crippen LogP contribution < -0.4 is 5.32 Å². The monoisotopic (exact) mass is 291 g/mol. The fourth-order valence-electron chi connectivity index (χ4n) is 2.65. The highest BCUT2D eigenvalue weighted by atomic mass is 79.9. The molecule has 0 bridgehead atoms. The molecule has 17 heavy (non-hydrogen) atoms. The lowest BCUT2D eigenvalue weighted by molar-refractivity contribution is 0.580. The largest absolute Gasteiger partial charge is 0.463 e. The van der Waals surface area contributed by atoms with Crippen molar-refractivity contribution in [3.63, 3.8) is 0 Å². The molecule has 0 saturated carbocycles. The molecule has 1 aromatic carbocycles. The molecular formula is C14H14BrNO. The molecule has 1 N–H and O–H groups in total. The molecule has 3 heteroatoms. The van der Waals surface area contributed by atoms with Crippen LogP contribution in [0.3, 0.4) is 0 Å². The molecule has 1 unspecified atom stereocenters. The lowest BCUT2D eigenvalue weighted by Crippen LogP contribution is -2.12. The summed E-state index contributed by atoms with van der Waals surface area (Å²) in [5, 5.41) is 3.36. The zero-order chi connectivity index (χ0) is 11.8. The van der Waals surface area contributed by atoms with Gasteiger partial charge in [-0.15, -0.1) is 0 Å². The van der Waals surface area contributed by atoms with Crippen molar-refractivity contribution in [2.45, 2.75) is 18.9 Å². The van der Waals surface area contributed by atoms with E-state index in [2.05, 4.69) is 39.4 Å². The lowest BCUT2D eigenvalue weighted by atomic mass is 10.0. The van der Waals surface area contributed by atoms with Crippen LogP contribution in [0.1, 0.15) is 23.6 Å². The van der Waals surface area contributed by atoms with Gasteiger partial charge >= 0.3 is 0 Å². The molecule has 1 aromatic heterocycles. The highest BCUT2D eigenvalue weighted by Gasteiger charge is 2.24. The van der Waals surface area contributed by atoms with Crippen LogP contribution in [0.5, 0.6) is 0 Å². The van der Waals surface area contributed by atoms with Gasteiger partial charge in [0.1, 0.15) is 5.76 Å². The molecule has 0 fully saturated rings. The number of halogens is 1. The van der Waals surface area contributed by atoms with Crippen molar-refractivity contribution >= 4 is 15.9 Å². The first-order chi connectivity index (χ1) is 8.31. The van der Waals surface area contributed by atoms with Crippen molar-refractivity contribution in [2.75, 3.05) is 7.05 Å². The Bertz CT molecular complexity index is 547. The second kappa shape index (κ2) is 4.31. The molecule has 0 radical (unpaired) electrons. The highest BCUT2D eigenvalue weighted by molar-refractivity contribution is 9.10. The molecule has 3 rings (SSSR count). The second-order valence-corrected chi connectivity index (χ2v) is 5.21. The van der Waals surface area contributed by atoms with Gasteiger partial charge in [-0.1, -0.05) is 18.2 Å². The van der Waals surface area contributed by atoms with Crippen molar-refractivity contribution in [1.29, 1.82) is 0 Å². The van der Waals surface area contributed by atoms with Crippen molar-refractivity contribution in [2.24, 2.45) is 0 Å². The average molecular weight is 292 g/mol. The number of nitrogens with one attached hydrogen (secondary N) is 1. The van der Waals surface area contributed by atoms with E-state index in [0.29, 0.717) is 6.04 Å². The number of hydrogen-bond donors (Lipinski definition) is 1. The molecule has 2 aromatic rings. The maximum Gasteiger partial charge on any atom is 0.148 e. The summed E-state index contributed by atoms with van der Waals surface area (Å²) in [6.45, 7) is 0. The van der Waals surface area contributed by atoms with E-state index in [1.165, 1.54) is 23.1 Å². The van der Waals surface area contributed by atoms with Crippen molar-refractivity contribution in [3.8, 4) is 11.3 Å². The molecule has 1 aliphatic rings. The van der Waals surface area contributed by atoms with Crippen LogP contribution in [0.25, 0.3) is 11.3 Å². The van der Waals surface area contributed by atoms with E-state index in [1.54, 1.807) is 6.26 Å². The summed E-state index contributed by atoms with van der Waals surface area (Å²) in [6.07, 6.45) is 4.01. The summed E-state index contributed by atoms with van der Waals surface area (Å²) in [5.41, 5.74) is 4.05. The summed E-state index contributed by atoms with van der Waals surface area (Å²) in [7, 11) is 2.02. The van der Waals surface area contributed by atoms with E-state index in [9.17, 15) is 0 Å². The van der Waals surface area contributed by atoms with Crippen LogP contribution in [-0.2, 0) is 6.42 Å². The van der Waals surface area contributed by atoms with Crippen LogP contribution in [-0.4, -0.2) is 7.05 Å². The topological polar surface area (TPSA) is 25.2 Å². The van der Waals surface area contributed by atoms with Gasteiger partial charge in [0, 0.05) is 11.6 Å². The zero-order valence-corrected chi connectivity index (χ0v) is 11.3. The number of fused-ring (bicyclic) bond motifs is 1. The number of furan rings is 1. The van der Waals surface area contributed by atoms with Crippen LogP contribution in [0.2, 0.25) is 0 Å². The Hall–Kier alpha value is -1.06. The summed E-state index contributed by atoms with van der Waals surface area (Å²) in [5.74, 6) is 0.943. The molecular weight excluding hydrogens is 278 g/mol. The van der Waals surface area contributed by atoms with Crippen molar-refractivity contribution < 1.29 is 4.42 Å². The summed E-state index contributed by atoms with van der Waals surface area (Å²) >= 11 is 3.53. The maximum atomic E-state index is 5.58. The zero-order valence-electron chi connectivity index (χ0n) is 9.66. The number of hydrogen-bond acceptors (Lipinski definition) is 2. The Labute approximate surface area is 109 Å². The van der Waals surface area contributed by atoms with Gasteiger partial charge in [-0.3, -0.25) is 0 Å². The van der Waals surface area contributed by atoms with E-state index in [-0.39, 0.29) is 0 Å². The van der Waals surface area contributed by atoms with E-state index < -0.39 is 0 Å². The summed E-state index contributed by atoms with van der Waals surface area (Å²) in [6, 6.07) is 8.89. The fraction of sp³-hybridized carbons (Fsp3) is 0.286. The third kappa shape index (κ3) is 1.74. The van der Waals surface area contributed by atoms with Gasteiger partial charge in [-0.2, -0.15) is 0 Å². The Kier molecular flexibility index (Phi) is 2.81. The second-order valence-electron chi connectivity index (χ2n) is 4.35. The van der Waals surface area contributed by atoms with Crippen LogP contribution in [0.15, 0.2) is 39.4 Å². The Morgan fingerprint density at radius 3 is 2.94 bits per heavy atom. The van der Waals surface area contributed by atoms with Gasteiger partial charge in [0.15, 0.2) is 0 Å². The predicted octanol–water partition coefficient (Wildman–Crippen LogP) is 3.92. The summed E-state index contributed by atoms with van der Waals surface area (Å²) in [4.78, 5) is 0. The average Bonchev–Trinajstić information content (AvgIpc) is 2.94. The third-order valence-corrected chi connectivity index (χ3v) is 4.11. The molecule has 1 heterocycles. The third-order valence-electron chi connectivity index (χ3n) is 3.48. The van der Waals surface area contributed by atoms with Crippen LogP contribution >= 0.6 is 15.9 Å². The Morgan fingerprint density at radius 1 is 1.35 bits per heavy atom. The molecule has 0 aliphatic heterocycles. The molecule has 1 aliphatic carbocycles. The minimum absolute atomic E-state index is 0.485. The first-order valence-corrected chi connectivity index (χ1v) is 6.63. The van der Waals surface area contributed by atoms with Gasteiger partial charge in [-0.25, -0.2) is 0 Å². The SMILES string of the molecule is CNC1CCc2c(-c3occc3Br)cccc21. The van der Waals surface area contributed by atoms with E-state index in [1.807, 2.05) is 13.1 Å². The molecule has 2 nitrogen and oxygen atoms in total. The minimum atomic E-state index is 0.485. The molecule has 0 saturated heterocycles. The smallest absolute Gasteiger partial charge is 0.148 e. The van der Waals surface area contributed by atoms with Crippen LogP contribution in [0.4, 0.5) is 0 Å². The molecule has 88 valence electrons. The first-order valence-electron chi connectivity index (χ1n) is 5.83. The van der Waals surface area contributed by atoms with Gasteiger partial charge in [0.2, 0.25) is 0 Å². The fourth-order valence-corrected chi connectivity index (χ4v) is 3.07. The quantitative estimate of drug-likeness (QED) is 0.907. The van der Waals surface area contributed by atoms with Gasteiger partial charge in [-0.05, 0) is 53.0 Å². The van der Waals surface area contributed by atoms with Crippen LogP contribution in [0, 0.1) is 0 Å².